The van der Waals surface area contributed by atoms with E-state index < -0.39 is 53.2 Å². The van der Waals surface area contributed by atoms with Crippen LogP contribution in [0.1, 0.15) is 133 Å². The maximum Gasteiger partial charge on any atom is 0.373 e. The largest absolute Gasteiger partial charge is 0.481 e. The summed E-state index contributed by atoms with van der Waals surface area (Å²) in [6.45, 7) is 1.80. The summed E-state index contributed by atoms with van der Waals surface area (Å²) in [5.41, 5.74) is 38.1. The Morgan fingerprint density at radius 2 is 0.976 bits per heavy atom. The van der Waals surface area contributed by atoms with Crippen LogP contribution in [0.2, 0.25) is 0 Å². The van der Waals surface area contributed by atoms with Gasteiger partial charge in [-0.25, -0.2) is 39.5 Å². The number of aromatic carboxylic acids is 1. The van der Waals surface area contributed by atoms with Gasteiger partial charge in [0.25, 0.3) is 11.8 Å². The smallest absolute Gasteiger partial charge is 0.373 e. The minimum atomic E-state index is -1.23. The highest BCUT2D eigenvalue weighted by Crippen LogP contribution is 2.18. The van der Waals surface area contributed by atoms with Gasteiger partial charge in [-0.1, -0.05) is 48.5 Å². The molecule has 33 heteroatoms. The maximum absolute atomic E-state index is 12.3. The molecule has 0 atom stereocenters. The molecule has 0 radical (unpaired) electrons. The Morgan fingerprint density at radius 3 is 1.42 bits per heavy atom. The Bertz CT molecular complexity index is 3070. The molecule has 0 saturated heterocycles. The number of carbonyl (C=O) groups is 11. The number of benzene rings is 2. The fraction of sp³-hybridized carbons (Fsp3) is 0.280. The second kappa shape index (κ2) is 37.6. The quantitative estimate of drug-likeness (QED) is 0.0223. The lowest BCUT2D eigenvalue weighted by Crippen LogP contribution is -2.29. The van der Waals surface area contributed by atoms with E-state index in [1.54, 1.807) is 18.2 Å². The van der Waals surface area contributed by atoms with Crippen molar-refractivity contribution in [1.82, 2.24) is 40.5 Å². The Morgan fingerprint density at radius 1 is 0.530 bits per heavy atom. The van der Waals surface area contributed by atoms with Gasteiger partial charge in [0.15, 0.2) is 69.1 Å². The van der Waals surface area contributed by atoms with Gasteiger partial charge in [-0.3, -0.25) is 38.4 Å². The third-order valence-electron chi connectivity index (χ3n) is 9.65. The summed E-state index contributed by atoms with van der Waals surface area (Å²) in [4.78, 5) is 163. The zero-order valence-corrected chi connectivity index (χ0v) is 44.2. The van der Waals surface area contributed by atoms with Gasteiger partial charge in [0.1, 0.15) is 18.2 Å². The van der Waals surface area contributed by atoms with Crippen LogP contribution in [0.5, 0.6) is 0 Å². The normalized spacial score (nSPS) is 9.76. The van der Waals surface area contributed by atoms with Crippen LogP contribution >= 0.6 is 0 Å². The van der Waals surface area contributed by atoms with Crippen molar-refractivity contribution < 1.29 is 87.1 Å². The number of nitrogens with zero attached hydrogens (tertiary/aromatic N) is 6. The number of amides is 2. The molecule has 0 unspecified atom stereocenters. The molecule has 5 rings (SSSR count). The predicted molar refractivity (Wildman–Crippen MR) is 288 cm³/mol. The molecular weight excluding hydrogens is 1100 g/mol. The van der Waals surface area contributed by atoms with Crippen LogP contribution in [0, 0.1) is 0 Å². The molecule has 83 heavy (non-hydrogen) atoms. The van der Waals surface area contributed by atoms with E-state index in [4.69, 9.17) is 74.5 Å². The van der Waals surface area contributed by atoms with E-state index >= 15 is 0 Å². The second-order valence-electron chi connectivity index (χ2n) is 16.2. The molecule has 5 aromatic rings. The summed E-state index contributed by atoms with van der Waals surface area (Å²) in [6, 6.07) is 17.5. The van der Waals surface area contributed by atoms with Crippen molar-refractivity contribution in [3.8, 4) is 0 Å². The number of rotatable bonds is 24. The first kappa shape index (κ1) is 69.8. The molecule has 0 bridgehead atoms. The van der Waals surface area contributed by atoms with Crippen LogP contribution in [0.3, 0.4) is 0 Å². The number of hydrogen-bond acceptors (Lipinski definition) is 28. The summed E-state index contributed by atoms with van der Waals surface area (Å²) in [6.07, 6.45) is 1.60. The molecule has 3 heterocycles. The minimum absolute atomic E-state index is 0.0350. The summed E-state index contributed by atoms with van der Waals surface area (Å²) in [5.74, 6) is -9.11. The van der Waals surface area contributed by atoms with E-state index in [9.17, 15) is 52.7 Å². The van der Waals surface area contributed by atoms with Gasteiger partial charge in [-0.05, 0) is 37.5 Å². The minimum Gasteiger partial charge on any atom is -0.481 e. The number of Topliss-reactive ketones (excluding diaryl/α,β-unsaturated/α-hetero) is 3. The molecule has 2 aromatic carbocycles. The number of ether oxygens (including phenoxy) is 2. The highest BCUT2D eigenvalue weighted by atomic mass is 16.6. The zero-order chi connectivity index (χ0) is 62.6. The predicted octanol–water partition coefficient (Wildman–Crippen LogP) is 0.204. The van der Waals surface area contributed by atoms with Crippen LogP contribution in [0.15, 0.2) is 66.9 Å². The Balaban J connectivity index is 0.000000588. The number of hydrogen-bond donors (Lipinski definition) is 12. The molecule has 19 N–H and O–H groups in total. The summed E-state index contributed by atoms with van der Waals surface area (Å²) < 4.78 is 9.64. The molecule has 442 valence electrons. The van der Waals surface area contributed by atoms with Gasteiger partial charge in [0.05, 0.1) is 31.0 Å². The summed E-state index contributed by atoms with van der Waals surface area (Å²) in [7, 11) is 0. The molecule has 3 aromatic heterocycles. The van der Waals surface area contributed by atoms with Gasteiger partial charge in [-0.15, -0.1) is 0 Å². The van der Waals surface area contributed by atoms with Gasteiger partial charge in [-0.2, -0.15) is 9.59 Å². The second-order valence-corrected chi connectivity index (χ2v) is 16.2. The van der Waals surface area contributed by atoms with Crippen LogP contribution in [0.4, 0.5) is 34.9 Å². The van der Waals surface area contributed by atoms with Crippen molar-refractivity contribution in [2.75, 3.05) is 54.0 Å². The van der Waals surface area contributed by atoms with Crippen molar-refractivity contribution in [1.29, 1.82) is 0 Å². The molecule has 0 fully saturated rings. The van der Waals surface area contributed by atoms with E-state index in [1.807, 2.05) is 30.3 Å². The van der Waals surface area contributed by atoms with Crippen molar-refractivity contribution in [2.24, 2.45) is 5.73 Å². The summed E-state index contributed by atoms with van der Waals surface area (Å²) in [5, 5.41) is 30.2. The van der Waals surface area contributed by atoms with Crippen LogP contribution < -0.4 is 50.8 Å². The number of carbonyl (C=O) groups excluding carboxylic acids is 10. The number of nitrogen functional groups attached to an aromatic ring is 6. The van der Waals surface area contributed by atoms with E-state index in [0.29, 0.717) is 19.6 Å². The average molecular weight is 1160 g/mol. The van der Waals surface area contributed by atoms with Crippen LogP contribution in [-0.4, -0.2) is 136 Å². The highest BCUT2D eigenvalue weighted by molar-refractivity contribution is 6.03. The lowest BCUT2D eigenvalue weighted by molar-refractivity contribution is -0.192. The first-order chi connectivity index (χ1) is 39.3. The first-order valence-electron chi connectivity index (χ1n) is 24.0. The third-order valence-corrected chi connectivity index (χ3v) is 9.65. The summed E-state index contributed by atoms with van der Waals surface area (Å²) >= 11 is 0. The molecule has 33 nitrogen and oxygen atoms in total. The molecule has 0 spiro atoms. The molecule has 2 amide bonds. The molecule has 0 aliphatic heterocycles. The zero-order valence-electron chi connectivity index (χ0n) is 44.2. The standard InChI is InChI=1S/C21H23N5O6.C13H17N5O6.C10H13NO2.C5H6N4O2.CO2/c1-12(27)6-5-9-14(28)16-18(22)26-17(19(23)25-16)20(30)24-11-10-15(29)32-21(31)13-7-3-2-4-8-13;14-11-9(6(19)2-1-3-7(20)21)17-12(15)10(18-11)13(24)16-5-4-8(22)23;11-7-6-10(12)13-8-9-4-2-1-3-5-9;6-2-1-8-4(7)3(9-2)5(10)11;2-1-3/h2-4,7-8H,5-6,9-11H2,1H3,(H2,22,26)(H2,23,25)(H,24,30);1-5H2,(H2,14,18)(H2,15,17)(H,16,24)(H,20,21)(H,22,23);1-5H,6-8,11H2;1H,(H2,6,9)(H2,7,8)(H,10,11);. The van der Waals surface area contributed by atoms with Crippen LogP contribution in [0.25, 0.3) is 0 Å². The van der Waals surface area contributed by atoms with Crippen molar-refractivity contribution in [3.05, 3.63) is 106 Å². The van der Waals surface area contributed by atoms with E-state index in [2.05, 4.69) is 40.5 Å². The van der Waals surface area contributed by atoms with Crippen molar-refractivity contribution >= 4 is 106 Å². The van der Waals surface area contributed by atoms with Gasteiger partial charge >= 0.3 is 42.0 Å². The van der Waals surface area contributed by atoms with E-state index in [-0.39, 0.29) is 151 Å². The van der Waals surface area contributed by atoms with Crippen LogP contribution in [-0.2, 0) is 49.6 Å². The Kier molecular flexibility index (Phi) is 31.6. The molecule has 0 saturated carbocycles. The lowest BCUT2D eigenvalue weighted by atomic mass is 10.1. The van der Waals surface area contributed by atoms with Gasteiger partial charge in [0, 0.05) is 45.3 Å². The topological polar surface area (TPSA) is 585 Å². The third kappa shape index (κ3) is 27.8. The van der Waals surface area contributed by atoms with E-state index in [1.165, 1.54) is 25.3 Å². The Hall–Kier alpha value is -11.2. The molecule has 0 aliphatic rings. The maximum atomic E-state index is 12.3. The van der Waals surface area contributed by atoms with Gasteiger partial charge in [0.2, 0.25) is 0 Å². The van der Waals surface area contributed by atoms with E-state index in [0.717, 1.165) is 5.56 Å². The number of nitrogens with two attached hydrogens (primary N) is 7. The molecular formula is C50H59N15O18. The lowest BCUT2D eigenvalue weighted by Gasteiger charge is -2.09. The number of anilines is 6. The number of ketones is 3. The Labute approximate surface area is 470 Å². The number of nitrogens with one attached hydrogen (secondary N) is 2. The van der Waals surface area contributed by atoms with Crippen molar-refractivity contribution in [3.63, 3.8) is 0 Å². The highest BCUT2D eigenvalue weighted by Gasteiger charge is 2.23. The van der Waals surface area contributed by atoms with Gasteiger partial charge < -0.3 is 80.4 Å². The number of carboxylic acid groups (broad SMARTS) is 3. The fourth-order valence-corrected chi connectivity index (χ4v) is 5.82. The number of esters is 3. The molecule has 0 aliphatic carbocycles. The number of carboxylic acids is 3. The average Bonchev–Trinajstić information content (AvgIpc) is 3.55. The number of aromatic nitrogens is 6. The first-order valence-corrected chi connectivity index (χ1v) is 24.0. The van der Waals surface area contributed by atoms with Crippen molar-refractivity contribution in [2.45, 2.75) is 71.3 Å². The number of aliphatic carboxylic acids is 2. The fourth-order valence-electron chi connectivity index (χ4n) is 5.82. The monoisotopic (exact) mass is 1160 g/mol. The SMILES string of the molecule is CC(=O)CCCC(=O)c1nc(N)c(C(=O)NCCC(=O)OC(=O)c2ccccc2)nc1N.NCCC(=O)OCc1ccccc1.Nc1cnc(N)c(C(=O)O)n1.Nc1nc(C(=O)NCCC(=O)O)c(N)nc1C(=O)CCCC(=O)O.O=C=O.